The maximum absolute atomic E-state index is 12.6. The molecule has 0 saturated carbocycles. The van der Waals surface area contributed by atoms with Crippen molar-refractivity contribution in [2.75, 3.05) is 0 Å². The van der Waals surface area contributed by atoms with Gasteiger partial charge in [0.05, 0.1) is 0 Å². The Morgan fingerprint density at radius 2 is 1.75 bits per heavy atom. The summed E-state index contributed by atoms with van der Waals surface area (Å²) < 4.78 is 37.9. The van der Waals surface area contributed by atoms with Gasteiger partial charge in [0.1, 0.15) is 0 Å². The quantitative estimate of drug-likeness (QED) is 0.575. The van der Waals surface area contributed by atoms with Crippen LogP contribution in [0.2, 0.25) is 0 Å². The fourth-order valence-corrected chi connectivity index (χ4v) is 1.97. The first kappa shape index (κ1) is 14.3. The second-order valence-corrected chi connectivity index (χ2v) is 4.45. The van der Waals surface area contributed by atoms with Crippen LogP contribution in [0.25, 0.3) is 10.8 Å². The average Bonchev–Trinajstić information content (AvgIpc) is 2.42. The molecule has 2 rings (SSSR count). The molecule has 104 valence electrons. The molecule has 2 aromatic rings. The molecule has 0 aliphatic heterocycles. The number of alkyl halides is 3. The van der Waals surface area contributed by atoms with Crippen molar-refractivity contribution in [3.63, 3.8) is 0 Å². The zero-order chi connectivity index (χ0) is 14.8. The summed E-state index contributed by atoms with van der Waals surface area (Å²) >= 11 is 0. The van der Waals surface area contributed by atoms with E-state index in [1.807, 2.05) is 24.3 Å². The second kappa shape index (κ2) is 5.49. The van der Waals surface area contributed by atoms with Crippen LogP contribution in [-0.4, -0.2) is 12.0 Å². The highest BCUT2D eigenvalue weighted by Gasteiger charge is 2.32. The van der Waals surface area contributed by atoms with Gasteiger partial charge in [0.25, 0.3) is 0 Å². The van der Waals surface area contributed by atoms with Gasteiger partial charge in [0.2, 0.25) is 0 Å². The Morgan fingerprint density at radius 1 is 1.10 bits per heavy atom. The van der Waals surface area contributed by atoms with Crippen LogP contribution in [0.4, 0.5) is 13.2 Å². The van der Waals surface area contributed by atoms with Gasteiger partial charge < -0.3 is 0 Å². The average molecular weight is 278 g/mol. The van der Waals surface area contributed by atoms with Crippen molar-refractivity contribution in [1.82, 2.24) is 0 Å². The van der Waals surface area contributed by atoms with Crippen LogP contribution in [0.1, 0.15) is 23.7 Å². The molecule has 0 N–H and O–H groups in total. The predicted molar refractivity (Wildman–Crippen MR) is 72.7 cm³/mol. The van der Waals surface area contributed by atoms with E-state index in [0.717, 1.165) is 10.8 Å². The number of rotatable bonds is 3. The monoisotopic (exact) mass is 278 g/mol. The lowest BCUT2D eigenvalue weighted by Crippen LogP contribution is -2.13. The number of hydrogen-bond acceptors (Lipinski definition) is 1. The zero-order valence-corrected chi connectivity index (χ0v) is 10.9. The van der Waals surface area contributed by atoms with Crippen molar-refractivity contribution < 1.29 is 18.0 Å². The summed E-state index contributed by atoms with van der Waals surface area (Å²) in [4.78, 5) is 11.9. The Balaban J connectivity index is 2.38. The topological polar surface area (TPSA) is 17.1 Å². The van der Waals surface area contributed by atoms with Gasteiger partial charge in [-0.3, -0.25) is 4.79 Å². The Kier molecular flexibility index (Phi) is 3.93. The molecule has 0 atom stereocenters. The lowest BCUT2D eigenvalue weighted by Gasteiger charge is -2.09. The Labute approximate surface area is 114 Å². The van der Waals surface area contributed by atoms with Crippen LogP contribution in [0.15, 0.2) is 54.1 Å². The zero-order valence-electron chi connectivity index (χ0n) is 10.9. The van der Waals surface area contributed by atoms with E-state index in [1.54, 1.807) is 18.2 Å². The van der Waals surface area contributed by atoms with E-state index in [1.165, 1.54) is 6.92 Å². The van der Waals surface area contributed by atoms with Crippen molar-refractivity contribution >= 4 is 16.6 Å². The smallest absolute Gasteiger partial charge is 0.289 e. The molecular formula is C16H13F3O. The lowest BCUT2D eigenvalue weighted by molar-refractivity contribution is -0.0936. The molecule has 0 aliphatic rings. The highest BCUT2D eigenvalue weighted by Crippen LogP contribution is 2.28. The second-order valence-electron chi connectivity index (χ2n) is 4.45. The molecule has 4 heteroatoms. The minimum absolute atomic E-state index is 0.219. The molecule has 0 heterocycles. The number of allylic oxidation sites excluding steroid dienone is 2. The molecule has 0 fully saturated rings. The number of ketones is 1. The number of carbonyl (C=O) groups is 1. The van der Waals surface area contributed by atoms with Gasteiger partial charge in [0.15, 0.2) is 5.78 Å². The molecule has 0 spiro atoms. The molecule has 0 radical (unpaired) electrons. The summed E-state index contributed by atoms with van der Waals surface area (Å²) in [5, 5.41) is 1.77. The van der Waals surface area contributed by atoms with E-state index < -0.39 is 17.5 Å². The van der Waals surface area contributed by atoms with Gasteiger partial charge in [-0.1, -0.05) is 43.3 Å². The molecule has 20 heavy (non-hydrogen) atoms. The first-order valence-corrected chi connectivity index (χ1v) is 6.22. The largest absolute Gasteiger partial charge is 0.412 e. The van der Waals surface area contributed by atoms with Crippen molar-refractivity contribution in [2.24, 2.45) is 0 Å². The number of carbonyl (C=O) groups excluding carboxylic acids is 1. The fourth-order valence-electron chi connectivity index (χ4n) is 1.97. The molecule has 0 aromatic heterocycles. The van der Waals surface area contributed by atoms with E-state index in [4.69, 9.17) is 0 Å². The summed E-state index contributed by atoms with van der Waals surface area (Å²) in [5.74, 6) is -0.620. The van der Waals surface area contributed by atoms with E-state index in [0.29, 0.717) is 6.08 Å². The Hall–Kier alpha value is -2.10. The highest BCUT2D eigenvalue weighted by atomic mass is 19.4. The van der Waals surface area contributed by atoms with Gasteiger partial charge in [-0.25, -0.2) is 0 Å². The molecule has 2 aromatic carbocycles. The van der Waals surface area contributed by atoms with Crippen molar-refractivity contribution in [3.05, 3.63) is 59.7 Å². The van der Waals surface area contributed by atoms with Gasteiger partial charge in [-0.15, -0.1) is 0 Å². The van der Waals surface area contributed by atoms with Crippen molar-refractivity contribution in [3.8, 4) is 0 Å². The minimum atomic E-state index is -4.46. The van der Waals surface area contributed by atoms with Crippen LogP contribution in [-0.2, 0) is 0 Å². The predicted octanol–water partition coefficient (Wildman–Crippen LogP) is 4.92. The van der Waals surface area contributed by atoms with E-state index in [-0.39, 0.29) is 12.0 Å². The van der Waals surface area contributed by atoms with E-state index >= 15 is 0 Å². The third kappa shape index (κ3) is 3.07. The van der Waals surface area contributed by atoms with Crippen LogP contribution >= 0.6 is 0 Å². The fraction of sp³-hybridized carbons (Fsp3) is 0.188. The number of fused-ring (bicyclic) bond motifs is 1. The number of hydrogen-bond donors (Lipinski definition) is 0. The summed E-state index contributed by atoms with van der Waals surface area (Å²) in [6.07, 6.45) is -3.99. The van der Waals surface area contributed by atoms with Gasteiger partial charge in [0, 0.05) is 11.1 Å². The van der Waals surface area contributed by atoms with Crippen molar-refractivity contribution in [2.45, 2.75) is 19.5 Å². The van der Waals surface area contributed by atoms with Crippen LogP contribution in [0.5, 0.6) is 0 Å². The molecule has 0 amide bonds. The maximum Gasteiger partial charge on any atom is 0.412 e. The van der Waals surface area contributed by atoms with E-state index in [2.05, 4.69) is 0 Å². The van der Waals surface area contributed by atoms with Crippen molar-refractivity contribution in [1.29, 1.82) is 0 Å². The summed E-state index contributed by atoms with van der Waals surface area (Å²) in [6, 6.07) is 12.3. The van der Waals surface area contributed by atoms with Gasteiger partial charge in [-0.05, 0) is 29.3 Å². The molecule has 1 nitrogen and oxygen atoms in total. The van der Waals surface area contributed by atoms with Crippen LogP contribution < -0.4 is 0 Å². The summed E-state index contributed by atoms with van der Waals surface area (Å²) in [5.41, 5.74) is -0.547. The summed E-state index contributed by atoms with van der Waals surface area (Å²) in [6.45, 7) is 1.38. The minimum Gasteiger partial charge on any atom is -0.289 e. The number of halogens is 3. The Bertz CT molecular complexity index is 669. The first-order chi connectivity index (χ1) is 9.41. The number of benzene rings is 2. The van der Waals surface area contributed by atoms with E-state index in [9.17, 15) is 18.0 Å². The SMILES string of the molecule is CC/C(=C\C(=O)c1ccc2ccccc2c1)C(F)(F)F. The van der Waals surface area contributed by atoms with Crippen LogP contribution in [0.3, 0.4) is 0 Å². The lowest BCUT2D eigenvalue weighted by atomic mass is 10.0. The van der Waals surface area contributed by atoms with Gasteiger partial charge >= 0.3 is 6.18 Å². The van der Waals surface area contributed by atoms with Gasteiger partial charge in [-0.2, -0.15) is 13.2 Å². The normalized spacial score (nSPS) is 12.7. The molecule has 0 unspecified atom stereocenters. The molecule has 0 bridgehead atoms. The third-order valence-corrected chi connectivity index (χ3v) is 3.08. The summed E-state index contributed by atoms with van der Waals surface area (Å²) in [7, 11) is 0. The van der Waals surface area contributed by atoms with Crippen LogP contribution in [0, 0.1) is 0 Å². The standard InChI is InChI=1S/C16H13F3O/c1-2-14(16(17,18)19)10-15(20)13-8-7-11-5-3-4-6-12(11)9-13/h3-10H,2H2,1H3/b14-10+. The molecule has 0 aliphatic carbocycles. The third-order valence-electron chi connectivity index (χ3n) is 3.08. The maximum atomic E-state index is 12.6. The Morgan fingerprint density at radius 3 is 2.35 bits per heavy atom. The molecular weight excluding hydrogens is 265 g/mol. The molecule has 0 saturated heterocycles. The highest BCUT2D eigenvalue weighted by molar-refractivity contribution is 6.07. The first-order valence-electron chi connectivity index (χ1n) is 6.22.